The molecule has 2 heterocycles. The van der Waals surface area contributed by atoms with Crippen molar-refractivity contribution in [2.45, 2.75) is 11.1 Å². The summed E-state index contributed by atoms with van der Waals surface area (Å²) in [5.41, 5.74) is 2.16. The highest BCUT2D eigenvalue weighted by Crippen LogP contribution is 2.35. The van der Waals surface area contributed by atoms with E-state index < -0.39 is 10.0 Å². The second kappa shape index (κ2) is 7.10. The van der Waals surface area contributed by atoms with Gasteiger partial charge in [-0.25, -0.2) is 12.8 Å². The Hall–Kier alpha value is -2.16. The van der Waals surface area contributed by atoms with Crippen molar-refractivity contribution in [3.63, 3.8) is 0 Å². The predicted octanol–water partition coefficient (Wildman–Crippen LogP) is 3.56. The van der Waals surface area contributed by atoms with Gasteiger partial charge in [0.2, 0.25) is 0 Å². The highest BCUT2D eigenvalue weighted by Gasteiger charge is 2.22. The number of anilines is 2. The van der Waals surface area contributed by atoms with E-state index in [1.165, 1.54) is 12.1 Å². The Morgan fingerprint density at radius 3 is 2.52 bits per heavy atom. The number of hydrogen-bond acceptors (Lipinski definition) is 5. The third-order valence-corrected chi connectivity index (χ3v) is 7.97. The molecule has 2 N–H and O–H groups in total. The van der Waals surface area contributed by atoms with Crippen LogP contribution in [0.5, 0.6) is 0 Å². The number of piperazine rings is 1. The second-order valence-electron chi connectivity index (χ2n) is 6.54. The Labute approximate surface area is 161 Å². The molecular formula is C19H20FN3O2S2. The van der Waals surface area contributed by atoms with E-state index >= 15 is 0 Å². The van der Waals surface area contributed by atoms with E-state index in [-0.39, 0.29) is 10.0 Å². The number of rotatable bonds is 4. The molecule has 4 rings (SSSR count). The number of benzene rings is 2. The molecule has 0 unspecified atom stereocenters. The highest BCUT2D eigenvalue weighted by molar-refractivity contribution is 7.94. The number of sulfonamides is 1. The van der Waals surface area contributed by atoms with Crippen LogP contribution < -0.4 is 14.9 Å². The van der Waals surface area contributed by atoms with E-state index in [1.54, 1.807) is 25.1 Å². The molecule has 0 amide bonds. The Balaban J connectivity index is 1.59. The lowest BCUT2D eigenvalue weighted by atomic mass is 10.2. The number of halogens is 1. The smallest absolute Gasteiger partial charge is 0.271 e. The third-order valence-electron chi connectivity index (χ3n) is 4.70. The molecule has 0 aliphatic carbocycles. The Morgan fingerprint density at radius 2 is 1.81 bits per heavy atom. The van der Waals surface area contributed by atoms with Gasteiger partial charge >= 0.3 is 0 Å². The first-order valence-electron chi connectivity index (χ1n) is 8.71. The van der Waals surface area contributed by atoms with Gasteiger partial charge in [-0.2, -0.15) is 0 Å². The minimum atomic E-state index is -3.73. The number of hydrogen-bond donors (Lipinski definition) is 2. The van der Waals surface area contributed by atoms with Crippen LogP contribution in [0.1, 0.15) is 5.56 Å². The van der Waals surface area contributed by atoms with E-state index in [9.17, 15) is 12.8 Å². The van der Waals surface area contributed by atoms with Gasteiger partial charge in [0, 0.05) is 42.3 Å². The maximum absolute atomic E-state index is 13.5. The van der Waals surface area contributed by atoms with Crippen LogP contribution in [-0.2, 0) is 10.0 Å². The summed E-state index contributed by atoms with van der Waals surface area (Å²) in [6.07, 6.45) is 0. The van der Waals surface area contributed by atoms with Crippen molar-refractivity contribution in [2.75, 3.05) is 35.8 Å². The summed E-state index contributed by atoms with van der Waals surface area (Å²) in [7, 11) is -3.73. The third kappa shape index (κ3) is 3.65. The molecule has 2 aromatic carbocycles. The average molecular weight is 406 g/mol. The number of nitrogens with one attached hydrogen (secondary N) is 2. The minimum absolute atomic E-state index is 0.217. The number of aryl methyl sites for hydroxylation is 1. The van der Waals surface area contributed by atoms with Gasteiger partial charge in [0.15, 0.2) is 0 Å². The summed E-state index contributed by atoms with van der Waals surface area (Å²) in [5, 5.41) is 3.94. The van der Waals surface area contributed by atoms with Gasteiger partial charge in [0.25, 0.3) is 10.0 Å². The van der Waals surface area contributed by atoms with Crippen LogP contribution in [0.15, 0.2) is 46.7 Å². The summed E-state index contributed by atoms with van der Waals surface area (Å²) in [5.74, 6) is -0.371. The van der Waals surface area contributed by atoms with Gasteiger partial charge in [-0.15, -0.1) is 11.3 Å². The maximum atomic E-state index is 13.5. The van der Waals surface area contributed by atoms with Crippen LogP contribution in [-0.4, -0.2) is 34.6 Å². The van der Waals surface area contributed by atoms with Crippen molar-refractivity contribution in [1.29, 1.82) is 0 Å². The van der Waals surface area contributed by atoms with Crippen molar-refractivity contribution in [3.8, 4) is 0 Å². The number of thiophene rings is 1. The molecule has 1 aliphatic heterocycles. The predicted molar refractivity (Wildman–Crippen MR) is 109 cm³/mol. The summed E-state index contributed by atoms with van der Waals surface area (Å²) in [6.45, 7) is 5.46. The lowest BCUT2D eigenvalue weighted by Gasteiger charge is -2.29. The number of nitrogens with zero attached hydrogens (tertiary/aromatic N) is 1. The maximum Gasteiger partial charge on any atom is 0.271 e. The average Bonchev–Trinajstić information content (AvgIpc) is 3.00. The molecule has 3 aromatic rings. The topological polar surface area (TPSA) is 61.4 Å². The van der Waals surface area contributed by atoms with E-state index in [4.69, 9.17) is 0 Å². The van der Waals surface area contributed by atoms with Crippen molar-refractivity contribution in [2.24, 2.45) is 0 Å². The molecule has 0 atom stereocenters. The van der Waals surface area contributed by atoms with Crippen molar-refractivity contribution >= 4 is 42.8 Å². The Bertz CT molecular complexity index is 1070. The molecule has 27 heavy (non-hydrogen) atoms. The van der Waals surface area contributed by atoms with E-state index in [1.807, 2.05) is 12.1 Å². The molecule has 1 aromatic heterocycles. The van der Waals surface area contributed by atoms with Crippen LogP contribution in [0, 0.1) is 12.7 Å². The quantitative estimate of drug-likeness (QED) is 0.697. The Morgan fingerprint density at radius 1 is 1.11 bits per heavy atom. The van der Waals surface area contributed by atoms with Gasteiger partial charge in [-0.3, -0.25) is 4.72 Å². The van der Waals surface area contributed by atoms with E-state index in [2.05, 4.69) is 14.9 Å². The fourth-order valence-electron chi connectivity index (χ4n) is 3.29. The Kier molecular flexibility index (Phi) is 4.79. The van der Waals surface area contributed by atoms with Crippen LogP contribution in [0.3, 0.4) is 0 Å². The van der Waals surface area contributed by atoms with Crippen molar-refractivity contribution in [1.82, 2.24) is 5.32 Å². The first-order chi connectivity index (χ1) is 12.9. The van der Waals surface area contributed by atoms with Crippen LogP contribution in [0.4, 0.5) is 15.8 Å². The zero-order valence-corrected chi connectivity index (χ0v) is 16.5. The highest BCUT2D eigenvalue weighted by atomic mass is 32.2. The van der Waals surface area contributed by atoms with E-state index in [0.29, 0.717) is 16.6 Å². The SMILES string of the molecule is Cc1c(S(=O)(=O)Nc2ccc(N3CCNCC3)cc2)sc2ccc(F)cc12. The summed E-state index contributed by atoms with van der Waals surface area (Å²) < 4.78 is 42.8. The van der Waals surface area contributed by atoms with Gasteiger partial charge in [-0.1, -0.05) is 0 Å². The van der Waals surface area contributed by atoms with Gasteiger partial charge in [0.05, 0.1) is 0 Å². The fourth-order valence-corrected chi connectivity index (χ4v) is 6.10. The lowest BCUT2D eigenvalue weighted by molar-refractivity contribution is 0.589. The van der Waals surface area contributed by atoms with Crippen LogP contribution >= 0.6 is 11.3 Å². The van der Waals surface area contributed by atoms with Gasteiger partial charge < -0.3 is 10.2 Å². The first-order valence-corrected chi connectivity index (χ1v) is 11.0. The molecule has 1 fully saturated rings. The standard InChI is InChI=1S/C19H20FN3O2S2/c1-13-17-12-14(20)2-7-18(17)26-19(13)27(24,25)22-15-3-5-16(6-4-15)23-10-8-21-9-11-23/h2-7,12,21-22H,8-11H2,1H3. The molecule has 0 saturated carbocycles. The molecule has 8 heteroatoms. The minimum Gasteiger partial charge on any atom is -0.369 e. The number of fused-ring (bicyclic) bond motifs is 1. The zero-order valence-electron chi connectivity index (χ0n) is 14.8. The molecule has 5 nitrogen and oxygen atoms in total. The summed E-state index contributed by atoms with van der Waals surface area (Å²) in [4.78, 5) is 2.26. The van der Waals surface area contributed by atoms with E-state index in [0.717, 1.165) is 47.9 Å². The second-order valence-corrected chi connectivity index (χ2v) is 9.47. The van der Waals surface area contributed by atoms with Gasteiger partial charge in [-0.05, 0) is 60.3 Å². The molecule has 1 saturated heterocycles. The molecular weight excluding hydrogens is 385 g/mol. The molecule has 142 valence electrons. The van der Waals surface area contributed by atoms with Gasteiger partial charge in [0.1, 0.15) is 10.0 Å². The van der Waals surface area contributed by atoms with Crippen molar-refractivity contribution in [3.05, 3.63) is 53.8 Å². The summed E-state index contributed by atoms with van der Waals surface area (Å²) >= 11 is 1.15. The van der Waals surface area contributed by atoms with Crippen LogP contribution in [0.2, 0.25) is 0 Å². The molecule has 0 spiro atoms. The summed E-state index contributed by atoms with van der Waals surface area (Å²) in [6, 6.07) is 11.7. The lowest BCUT2D eigenvalue weighted by Crippen LogP contribution is -2.43. The molecule has 1 aliphatic rings. The van der Waals surface area contributed by atoms with Crippen LogP contribution in [0.25, 0.3) is 10.1 Å². The molecule has 0 bridgehead atoms. The normalized spacial score (nSPS) is 15.3. The fraction of sp³-hybridized carbons (Fsp3) is 0.263. The monoisotopic (exact) mass is 405 g/mol. The molecule has 0 radical (unpaired) electrons. The zero-order chi connectivity index (χ0) is 19.0. The first kappa shape index (κ1) is 18.2. The largest absolute Gasteiger partial charge is 0.369 e. The van der Waals surface area contributed by atoms with Crippen molar-refractivity contribution < 1.29 is 12.8 Å².